The molecule has 1 amide bonds. The highest BCUT2D eigenvalue weighted by molar-refractivity contribution is 9.10. The molecule has 0 aliphatic carbocycles. The Bertz CT molecular complexity index is 1260. The van der Waals surface area contributed by atoms with Crippen molar-refractivity contribution < 1.29 is 17.9 Å². The third kappa shape index (κ3) is 6.19. The maximum atomic E-state index is 13.3. The molecule has 0 spiro atoms. The first-order chi connectivity index (χ1) is 16.4. The molecule has 34 heavy (non-hydrogen) atoms. The number of amides is 1. The van der Waals surface area contributed by atoms with Crippen LogP contribution in [0.3, 0.4) is 0 Å². The van der Waals surface area contributed by atoms with Crippen molar-refractivity contribution in [2.75, 3.05) is 22.4 Å². The fourth-order valence-electron chi connectivity index (χ4n) is 3.12. The minimum atomic E-state index is -3.97. The topological polar surface area (TPSA) is 88.1 Å². The number of carbonyl (C=O) groups excluding carboxylic acids is 1. The molecule has 176 valence electrons. The first kappa shape index (κ1) is 24.3. The number of anilines is 1. The summed E-state index contributed by atoms with van der Waals surface area (Å²) in [6.07, 6.45) is 1.76. The molecule has 3 aromatic rings. The van der Waals surface area contributed by atoms with Crippen molar-refractivity contribution in [2.45, 2.75) is 11.0 Å². The van der Waals surface area contributed by atoms with E-state index in [1.807, 2.05) is 36.0 Å². The van der Waals surface area contributed by atoms with Gasteiger partial charge in [0.1, 0.15) is 18.4 Å². The van der Waals surface area contributed by atoms with Crippen LogP contribution >= 0.6 is 27.7 Å². The molecule has 1 heterocycles. The number of rotatable bonds is 9. The van der Waals surface area contributed by atoms with Gasteiger partial charge in [0.05, 0.1) is 16.8 Å². The predicted molar refractivity (Wildman–Crippen MR) is 139 cm³/mol. The summed E-state index contributed by atoms with van der Waals surface area (Å²) in [6, 6.07) is 22.1. The summed E-state index contributed by atoms with van der Waals surface area (Å²) < 4.78 is 34.1. The molecule has 4 rings (SSSR count). The van der Waals surface area contributed by atoms with Crippen LogP contribution in [0.1, 0.15) is 5.56 Å². The molecule has 0 aromatic heterocycles. The number of sulfonamides is 1. The van der Waals surface area contributed by atoms with E-state index in [2.05, 4.69) is 26.5 Å². The highest BCUT2D eigenvalue weighted by atomic mass is 79.9. The lowest BCUT2D eigenvalue weighted by Gasteiger charge is -2.25. The molecule has 1 fully saturated rings. The van der Waals surface area contributed by atoms with Crippen LogP contribution < -0.4 is 14.5 Å². The average molecular weight is 560 g/mol. The van der Waals surface area contributed by atoms with Gasteiger partial charge in [0.25, 0.3) is 15.9 Å². The summed E-state index contributed by atoms with van der Waals surface area (Å²) in [5, 5.41) is 3.98. The second kappa shape index (κ2) is 11.1. The average Bonchev–Trinajstić information content (AvgIpc) is 2.81. The minimum absolute atomic E-state index is 0.0917. The zero-order valence-electron chi connectivity index (χ0n) is 18.0. The smallest absolute Gasteiger partial charge is 0.264 e. The van der Waals surface area contributed by atoms with Crippen molar-refractivity contribution in [3.63, 3.8) is 0 Å². The van der Waals surface area contributed by atoms with Crippen molar-refractivity contribution in [1.29, 1.82) is 0 Å². The van der Waals surface area contributed by atoms with Gasteiger partial charge in [0.2, 0.25) is 0 Å². The van der Waals surface area contributed by atoms with Gasteiger partial charge in [-0.25, -0.2) is 13.8 Å². The zero-order chi connectivity index (χ0) is 24.0. The number of nitrogens with zero attached hydrogens (tertiary/aromatic N) is 2. The van der Waals surface area contributed by atoms with Crippen LogP contribution in [0, 0.1) is 0 Å². The lowest BCUT2D eigenvalue weighted by atomic mass is 10.2. The molecule has 10 heteroatoms. The lowest BCUT2D eigenvalue weighted by molar-refractivity contribution is -0.119. The fourth-order valence-corrected chi connectivity index (χ4v) is 5.50. The van der Waals surface area contributed by atoms with E-state index in [0.717, 1.165) is 27.1 Å². The molecule has 0 unspecified atom stereocenters. The summed E-state index contributed by atoms with van der Waals surface area (Å²) in [6.45, 7) is -0.433. The standard InChI is InChI=1S/C24H22BrN3O4S2/c25-19-5-4-6-20(13-19)28(34(30,31)23-7-2-1-3-8-23)15-24(29)27-26-14-18-9-11-21(12-10-18)32-22-16-33-17-22/h1-14,22H,15-17H2,(H,27,29)/b26-14+. The van der Waals surface area contributed by atoms with Crippen LogP contribution in [0.2, 0.25) is 0 Å². The van der Waals surface area contributed by atoms with Gasteiger partial charge in [-0.3, -0.25) is 9.10 Å². The molecule has 0 saturated carbocycles. The van der Waals surface area contributed by atoms with Crippen molar-refractivity contribution in [2.24, 2.45) is 5.10 Å². The fraction of sp³-hybridized carbons (Fsp3) is 0.167. The van der Waals surface area contributed by atoms with E-state index in [1.165, 1.54) is 18.3 Å². The first-order valence-corrected chi connectivity index (χ1v) is 13.8. The maximum absolute atomic E-state index is 13.3. The monoisotopic (exact) mass is 559 g/mol. The molecule has 0 bridgehead atoms. The number of hydrogen-bond acceptors (Lipinski definition) is 6. The third-order valence-corrected chi connectivity index (χ3v) is 8.40. The Hall–Kier alpha value is -2.82. The minimum Gasteiger partial charge on any atom is -0.489 e. The van der Waals surface area contributed by atoms with E-state index in [9.17, 15) is 13.2 Å². The van der Waals surface area contributed by atoms with E-state index in [-0.39, 0.29) is 11.0 Å². The third-order valence-electron chi connectivity index (χ3n) is 4.91. The Morgan fingerprint density at radius 1 is 1.09 bits per heavy atom. The molecular weight excluding hydrogens is 538 g/mol. The summed E-state index contributed by atoms with van der Waals surface area (Å²) in [4.78, 5) is 12.7. The molecule has 1 saturated heterocycles. The second-order valence-electron chi connectivity index (χ2n) is 7.44. The molecule has 3 aromatic carbocycles. The highest BCUT2D eigenvalue weighted by Gasteiger charge is 2.27. The normalized spacial score (nSPS) is 13.9. The second-order valence-corrected chi connectivity index (χ2v) is 11.3. The van der Waals surface area contributed by atoms with Crippen LogP contribution in [0.5, 0.6) is 5.75 Å². The summed E-state index contributed by atoms with van der Waals surface area (Å²) >= 11 is 5.21. The number of hydrogen-bond donors (Lipinski definition) is 1. The van der Waals surface area contributed by atoms with E-state index in [4.69, 9.17) is 4.74 Å². The Balaban J connectivity index is 1.44. The van der Waals surface area contributed by atoms with Crippen LogP contribution in [-0.4, -0.2) is 44.7 Å². The van der Waals surface area contributed by atoms with Crippen LogP contribution in [0.15, 0.2) is 93.3 Å². The Kier molecular flexibility index (Phi) is 7.91. The van der Waals surface area contributed by atoms with Crippen molar-refractivity contribution in [3.05, 3.63) is 88.9 Å². The van der Waals surface area contributed by atoms with Crippen LogP contribution in [0.4, 0.5) is 5.69 Å². The SMILES string of the molecule is O=C(CN(c1cccc(Br)c1)S(=O)(=O)c1ccccc1)N/N=C/c1ccc(OC2CSC2)cc1. The number of halogens is 1. The van der Waals surface area contributed by atoms with Gasteiger partial charge in [-0.2, -0.15) is 16.9 Å². The Labute approximate surface area is 211 Å². The number of nitrogens with one attached hydrogen (secondary N) is 1. The number of ether oxygens (including phenoxy) is 1. The largest absolute Gasteiger partial charge is 0.489 e. The van der Waals surface area contributed by atoms with Gasteiger partial charge in [-0.15, -0.1) is 0 Å². The predicted octanol–water partition coefficient (Wildman–Crippen LogP) is 4.29. The van der Waals surface area contributed by atoms with E-state index in [1.54, 1.807) is 42.5 Å². The molecule has 0 radical (unpaired) electrons. The highest BCUT2D eigenvalue weighted by Crippen LogP contribution is 2.26. The van der Waals surface area contributed by atoms with Gasteiger partial charge in [-0.1, -0.05) is 40.2 Å². The molecule has 0 atom stereocenters. The molecule has 1 N–H and O–H groups in total. The number of carbonyl (C=O) groups is 1. The van der Waals surface area contributed by atoms with Crippen molar-refractivity contribution >= 4 is 55.5 Å². The van der Waals surface area contributed by atoms with Gasteiger partial charge < -0.3 is 4.74 Å². The lowest BCUT2D eigenvalue weighted by Crippen LogP contribution is -2.39. The van der Waals surface area contributed by atoms with Gasteiger partial charge in [-0.05, 0) is 60.2 Å². The number of thioether (sulfide) groups is 1. The van der Waals surface area contributed by atoms with Gasteiger partial charge >= 0.3 is 0 Å². The first-order valence-electron chi connectivity index (χ1n) is 10.4. The summed E-state index contributed by atoms with van der Waals surface area (Å²) in [5.74, 6) is 2.23. The van der Waals surface area contributed by atoms with E-state index < -0.39 is 22.5 Å². The van der Waals surface area contributed by atoms with Crippen molar-refractivity contribution in [1.82, 2.24) is 5.43 Å². The molecule has 1 aliphatic heterocycles. The van der Waals surface area contributed by atoms with Gasteiger partial charge in [0, 0.05) is 16.0 Å². The zero-order valence-corrected chi connectivity index (χ0v) is 21.2. The quantitative estimate of drug-likeness (QED) is 0.312. The number of hydrazone groups is 1. The van der Waals surface area contributed by atoms with Crippen LogP contribution in [-0.2, 0) is 14.8 Å². The van der Waals surface area contributed by atoms with E-state index >= 15 is 0 Å². The van der Waals surface area contributed by atoms with Gasteiger partial charge in [0.15, 0.2) is 0 Å². The number of benzene rings is 3. The summed E-state index contributed by atoms with van der Waals surface area (Å²) in [5.41, 5.74) is 3.55. The van der Waals surface area contributed by atoms with E-state index in [0.29, 0.717) is 10.2 Å². The maximum Gasteiger partial charge on any atom is 0.264 e. The van der Waals surface area contributed by atoms with Crippen LogP contribution in [0.25, 0.3) is 0 Å². The molecule has 1 aliphatic rings. The molecule has 7 nitrogen and oxygen atoms in total. The Morgan fingerprint density at radius 3 is 2.47 bits per heavy atom. The molecular formula is C24H22BrN3O4S2. The van der Waals surface area contributed by atoms with Crippen molar-refractivity contribution in [3.8, 4) is 5.75 Å². The summed E-state index contributed by atoms with van der Waals surface area (Å²) in [7, 11) is -3.97. The Morgan fingerprint density at radius 2 is 1.82 bits per heavy atom.